The fourth-order valence-corrected chi connectivity index (χ4v) is 3.79. The number of thiazole rings is 1. The van der Waals surface area contributed by atoms with Crippen LogP contribution in [0.5, 0.6) is 5.75 Å². The standard InChI is InChI=1S/C17H17N3O5S2/c1-10-15(19-17(26-10)14-5-4-8-25-14)16(21)18-13-9-11(24-2)6-7-12(13)20-27(3,22)23/h4-9,20H,1-3H3,(H,18,21). The highest BCUT2D eigenvalue weighted by molar-refractivity contribution is 7.92. The van der Waals surface area contributed by atoms with Crippen LogP contribution in [0.2, 0.25) is 0 Å². The highest BCUT2D eigenvalue weighted by Gasteiger charge is 2.19. The zero-order valence-corrected chi connectivity index (χ0v) is 16.4. The van der Waals surface area contributed by atoms with Crippen LogP contribution in [0.4, 0.5) is 11.4 Å². The molecule has 27 heavy (non-hydrogen) atoms. The average Bonchev–Trinajstić information content (AvgIpc) is 3.24. The number of aryl methyl sites for hydroxylation is 1. The second-order valence-corrected chi connectivity index (χ2v) is 8.59. The third-order valence-electron chi connectivity index (χ3n) is 3.51. The maximum Gasteiger partial charge on any atom is 0.275 e. The molecule has 0 aliphatic rings. The van der Waals surface area contributed by atoms with Gasteiger partial charge in [0.1, 0.15) is 11.4 Å². The molecule has 0 atom stereocenters. The van der Waals surface area contributed by atoms with Crippen LogP contribution in [0.15, 0.2) is 41.0 Å². The Morgan fingerprint density at radius 2 is 2.04 bits per heavy atom. The lowest BCUT2D eigenvalue weighted by Crippen LogP contribution is -2.17. The van der Waals surface area contributed by atoms with Crippen molar-refractivity contribution in [2.24, 2.45) is 0 Å². The lowest BCUT2D eigenvalue weighted by atomic mass is 10.2. The number of aromatic nitrogens is 1. The van der Waals surface area contributed by atoms with E-state index < -0.39 is 15.9 Å². The zero-order valence-electron chi connectivity index (χ0n) is 14.8. The van der Waals surface area contributed by atoms with Gasteiger partial charge in [-0.25, -0.2) is 13.4 Å². The summed E-state index contributed by atoms with van der Waals surface area (Å²) in [5.74, 6) is 0.574. The molecule has 0 saturated heterocycles. The maximum absolute atomic E-state index is 12.7. The molecule has 2 aromatic heterocycles. The Morgan fingerprint density at radius 1 is 1.26 bits per heavy atom. The molecule has 0 aliphatic carbocycles. The number of anilines is 2. The van der Waals surface area contributed by atoms with Gasteiger partial charge in [-0.1, -0.05) is 0 Å². The number of carbonyl (C=O) groups excluding carboxylic acids is 1. The second-order valence-electron chi connectivity index (χ2n) is 5.64. The van der Waals surface area contributed by atoms with E-state index in [1.54, 1.807) is 25.1 Å². The number of benzene rings is 1. The van der Waals surface area contributed by atoms with Gasteiger partial charge in [0, 0.05) is 10.9 Å². The summed E-state index contributed by atoms with van der Waals surface area (Å²) in [6.45, 7) is 1.78. The average molecular weight is 407 g/mol. The van der Waals surface area contributed by atoms with Crippen molar-refractivity contribution in [1.29, 1.82) is 0 Å². The Morgan fingerprint density at radius 3 is 2.67 bits per heavy atom. The van der Waals surface area contributed by atoms with Crippen molar-refractivity contribution < 1.29 is 22.4 Å². The number of carbonyl (C=O) groups is 1. The predicted molar refractivity (Wildman–Crippen MR) is 104 cm³/mol. The number of sulfonamides is 1. The number of hydrogen-bond acceptors (Lipinski definition) is 7. The SMILES string of the molecule is COc1ccc(NS(C)(=O)=O)c(NC(=O)c2nc(-c3ccco3)sc2C)c1. The molecule has 10 heteroatoms. The Balaban J connectivity index is 1.91. The smallest absolute Gasteiger partial charge is 0.275 e. The van der Waals surface area contributed by atoms with E-state index in [9.17, 15) is 13.2 Å². The molecule has 1 aromatic carbocycles. The van der Waals surface area contributed by atoms with Gasteiger partial charge >= 0.3 is 0 Å². The van der Waals surface area contributed by atoms with Gasteiger partial charge in [-0.3, -0.25) is 9.52 Å². The van der Waals surface area contributed by atoms with Gasteiger partial charge in [0.25, 0.3) is 5.91 Å². The minimum Gasteiger partial charge on any atom is -0.497 e. The van der Waals surface area contributed by atoms with Gasteiger partial charge in [-0.15, -0.1) is 11.3 Å². The highest BCUT2D eigenvalue weighted by atomic mass is 32.2. The summed E-state index contributed by atoms with van der Waals surface area (Å²) >= 11 is 1.33. The number of methoxy groups -OCH3 is 1. The van der Waals surface area contributed by atoms with Crippen molar-refractivity contribution in [2.45, 2.75) is 6.92 Å². The molecule has 0 spiro atoms. The van der Waals surface area contributed by atoms with Gasteiger partial charge in [0.2, 0.25) is 10.0 Å². The first-order chi connectivity index (χ1) is 12.8. The van der Waals surface area contributed by atoms with E-state index in [0.29, 0.717) is 21.4 Å². The van der Waals surface area contributed by atoms with Crippen molar-refractivity contribution in [1.82, 2.24) is 4.98 Å². The van der Waals surface area contributed by atoms with Crippen LogP contribution < -0.4 is 14.8 Å². The van der Waals surface area contributed by atoms with E-state index in [1.807, 2.05) is 0 Å². The van der Waals surface area contributed by atoms with Gasteiger partial charge in [0.15, 0.2) is 10.8 Å². The molecule has 2 heterocycles. The fourth-order valence-electron chi connectivity index (χ4n) is 2.34. The van der Waals surface area contributed by atoms with Crippen LogP contribution in [0.3, 0.4) is 0 Å². The largest absolute Gasteiger partial charge is 0.497 e. The van der Waals surface area contributed by atoms with E-state index in [1.165, 1.54) is 36.8 Å². The molecule has 3 aromatic rings. The molecular weight excluding hydrogens is 390 g/mol. The first-order valence-electron chi connectivity index (χ1n) is 7.75. The molecule has 1 amide bonds. The quantitative estimate of drug-likeness (QED) is 0.648. The number of furan rings is 1. The lowest BCUT2D eigenvalue weighted by molar-refractivity contribution is 0.102. The maximum atomic E-state index is 12.7. The lowest BCUT2D eigenvalue weighted by Gasteiger charge is -2.13. The topological polar surface area (TPSA) is 111 Å². The summed E-state index contributed by atoms with van der Waals surface area (Å²) in [5, 5.41) is 3.28. The van der Waals surface area contributed by atoms with Crippen LogP contribution in [-0.4, -0.2) is 32.7 Å². The molecule has 0 radical (unpaired) electrons. The van der Waals surface area contributed by atoms with E-state index in [2.05, 4.69) is 15.0 Å². The number of hydrogen-bond donors (Lipinski definition) is 2. The Labute approximate surface area is 160 Å². The number of nitrogens with zero attached hydrogens (tertiary/aromatic N) is 1. The van der Waals surface area contributed by atoms with Gasteiger partial charge < -0.3 is 14.5 Å². The monoisotopic (exact) mass is 407 g/mol. The molecular formula is C17H17N3O5S2. The first-order valence-corrected chi connectivity index (χ1v) is 10.5. The molecule has 0 fully saturated rings. The zero-order chi connectivity index (χ0) is 19.6. The highest BCUT2D eigenvalue weighted by Crippen LogP contribution is 2.31. The third-order valence-corrected chi connectivity index (χ3v) is 5.09. The number of ether oxygens (including phenoxy) is 1. The minimum absolute atomic E-state index is 0.228. The molecule has 0 aliphatic heterocycles. The summed E-state index contributed by atoms with van der Waals surface area (Å²) in [7, 11) is -2.04. The van der Waals surface area contributed by atoms with Crippen molar-refractivity contribution in [2.75, 3.05) is 23.4 Å². The summed E-state index contributed by atoms with van der Waals surface area (Å²) in [6.07, 6.45) is 2.56. The van der Waals surface area contributed by atoms with E-state index in [4.69, 9.17) is 9.15 Å². The van der Waals surface area contributed by atoms with Crippen LogP contribution >= 0.6 is 11.3 Å². The molecule has 0 saturated carbocycles. The Hall–Kier alpha value is -2.85. The molecule has 8 nitrogen and oxygen atoms in total. The number of nitrogens with one attached hydrogen (secondary N) is 2. The Kier molecular flexibility index (Phi) is 5.19. The predicted octanol–water partition coefficient (Wildman–Crippen LogP) is 3.34. The minimum atomic E-state index is -3.52. The summed E-state index contributed by atoms with van der Waals surface area (Å²) in [4.78, 5) is 17.8. The summed E-state index contributed by atoms with van der Waals surface area (Å²) < 4.78 is 36.0. The van der Waals surface area contributed by atoms with Crippen molar-refractivity contribution >= 4 is 38.6 Å². The molecule has 142 valence electrons. The summed E-state index contributed by atoms with van der Waals surface area (Å²) in [5.41, 5.74) is 0.724. The summed E-state index contributed by atoms with van der Waals surface area (Å²) in [6, 6.07) is 8.13. The second kappa shape index (κ2) is 7.41. The molecule has 0 unspecified atom stereocenters. The van der Waals surface area contributed by atoms with Gasteiger partial charge in [0.05, 0.1) is 31.0 Å². The number of rotatable bonds is 6. The van der Waals surface area contributed by atoms with Gasteiger partial charge in [-0.2, -0.15) is 0 Å². The number of amides is 1. The normalized spacial score (nSPS) is 11.2. The van der Waals surface area contributed by atoms with Crippen molar-refractivity contribution in [3.8, 4) is 16.5 Å². The van der Waals surface area contributed by atoms with Crippen molar-refractivity contribution in [3.05, 3.63) is 47.2 Å². The van der Waals surface area contributed by atoms with Crippen molar-refractivity contribution in [3.63, 3.8) is 0 Å². The Bertz CT molecular complexity index is 1070. The van der Waals surface area contributed by atoms with E-state index >= 15 is 0 Å². The molecule has 0 bridgehead atoms. The fraction of sp³-hybridized carbons (Fsp3) is 0.176. The molecule has 3 rings (SSSR count). The van der Waals surface area contributed by atoms with Crippen LogP contribution in [-0.2, 0) is 10.0 Å². The van der Waals surface area contributed by atoms with Crippen LogP contribution in [0.1, 0.15) is 15.4 Å². The van der Waals surface area contributed by atoms with E-state index in [-0.39, 0.29) is 17.1 Å². The first kappa shape index (κ1) is 18.9. The van der Waals surface area contributed by atoms with Crippen LogP contribution in [0.25, 0.3) is 10.8 Å². The molecule has 2 N–H and O–H groups in total. The third kappa shape index (κ3) is 4.47. The van der Waals surface area contributed by atoms with Gasteiger partial charge in [-0.05, 0) is 31.2 Å². The van der Waals surface area contributed by atoms with E-state index in [0.717, 1.165) is 6.26 Å². The van der Waals surface area contributed by atoms with Crippen LogP contribution in [0, 0.1) is 6.92 Å².